The average molecular weight is 341 g/mol. The number of hydrogen-bond donors (Lipinski definition) is 2. The molecule has 2 atom stereocenters. The van der Waals surface area contributed by atoms with Gasteiger partial charge in [-0.2, -0.15) is 5.10 Å². The fourth-order valence-electron chi connectivity index (χ4n) is 3.61. The van der Waals surface area contributed by atoms with Gasteiger partial charge in [-0.15, -0.1) is 0 Å². The van der Waals surface area contributed by atoms with E-state index in [0.29, 0.717) is 18.9 Å². The third-order valence-electron chi connectivity index (χ3n) is 5.01. The minimum Gasteiger partial charge on any atom is -0.338 e. The first-order chi connectivity index (χ1) is 12.2. The number of aromatic nitrogens is 3. The van der Waals surface area contributed by atoms with Gasteiger partial charge >= 0.3 is 6.03 Å². The molecular weight excluding hydrogens is 314 g/mol. The Morgan fingerprint density at radius 2 is 2.04 bits per heavy atom. The van der Waals surface area contributed by atoms with Crippen molar-refractivity contribution >= 4 is 6.03 Å². The van der Waals surface area contributed by atoms with Gasteiger partial charge in [0, 0.05) is 26.1 Å². The highest BCUT2D eigenvalue weighted by Crippen LogP contribution is 2.27. The summed E-state index contributed by atoms with van der Waals surface area (Å²) in [4.78, 5) is 16.4. The van der Waals surface area contributed by atoms with Gasteiger partial charge in [0.05, 0.1) is 0 Å². The Hall–Kier alpha value is -2.37. The van der Waals surface area contributed by atoms with Gasteiger partial charge in [0.25, 0.3) is 0 Å². The van der Waals surface area contributed by atoms with E-state index < -0.39 is 0 Å². The average Bonchev–Trinajstić information content (AvgIpc) is 3.03. The molecule has 1 aliphatic rings. The van der Waals surface area contributed by atoms with Crippen molar-refractivity contribution in [2.75, 3.05) is 6.54 Å². The van der Waals surface area contributed by atoms with Crippen LogP contribution in [-0.2, 0) is 19.9 Å². The zero-order valence-electron chi connectivity index (χ0n) is 14.8. The van der Waals surface area contributed by atoms with Crippen molar-refractivity contribution in [3.05, 3.63) is 48.0 Å². The standard InChI is InChI=1S/C19H27N5O/c1-24-18(21-14-22-24)11-12-20-19(25)23-17-10-6-5-9-16(17)13-15-7-3-2-4-8-15/h2-4,7-8,14,16-17H,5-6,9-13H2,1H3,(H2,20,23,25)/t16-,17+/m1/s1. The number of benzene rings is 1. The molecule has 0 unspecified atom stereocenters. The molecule has 3 rings (SSSR count). The van der Waals surface area contributed by atoms with E-state index in [4.69, 9.17) is 0 Å². The molecule has 0 bridgehead atoms. The van der Waals surface area contributed by atoms with Crippen LogP contribution in [0.25, 0.3) is 0 Å². The first-order valence-electron chi connectivity index (χ1n) is 9.13. The highest BCUT2D eigenvalue weighted by Gasteiger charge is 2.26. The van der Waals surface area contributed by atoms with Crippen molar-refractivity contribution in [1.82, 2.24) is 25.4 Å². The van der Waals surface area contributed by atoms with Gasteiger partial charge in [0.15, 0.2) is 0 Å². The van der Waals surface area contributed by atoms with Crippen molar-refractivity contribution < 1.29 is 4.79 Å². The van der Waals surface area contributed by atoms with Crippen molar-refractivity contribution in [1.29, 1.82) is 0 Å². The van der Waals surface area contributed by atoms with Crippen LogP contribution < -0.4 is 10.6 Å². The number of carbonyl (C=O) groups excluding carboxylic acids is 1. The summed E-state index contributed by atoms with van der Waals surface area (Å²) in [6.45, 7) is 0.564. The number of nitrogens with one attached hydrogen (secondary N) is 2. The SMILES string of the molecule is Cn1ncnc1CCNC(=O)N[C@H]1CCCC[C@@H]1Cc1ccccc1. The summed E-state index contributed by atoms with van der Waals surface area (Å²) in [6, 6.07) is 10.7. The summed E-state index contributed by atoms with van der Waals surface area (Å²) in [5, 5.41) is 10.2. The molecule has 1 aromatic heterocycles. The molecule has 134 valence electrons. The first-order valence-corrected chi connectivity index (χ1v) is 9.13. The molecule has 0 saturated heterocycles. The minimum atomic E-state index is -0.0767. The Labute approximate surface area is 149 Å². The highest BCUT2D eigenvalue weighted by molar-refractivity contribution is 5.74. The molecule has 1 heterocycles. The number of urea groups is 1. The Morgan fingerprint density at radius 1 is 1.24 bits per heavy atom. The quantitative estimate of drug-likeness (QED) is 0.848. The number of nitrogens with zero attached hydrogens (tertiary/aromatic N) is 3. The lowest BCUT2D eigenvalue weighted by atomic mass is 9.81. The molecule has 0 spiro atoms. The second-order valence-corrected chi connectivity index (χ2v) is 6.79. The normalized spacial score (nSPS) is 20.2. The molecule has 1 aromatic carbocycles. The van der Waals surface area contributed by atoms with Crippen LogP contribution in [0.5, 0.6) is 0 Å². The van der Waals surface area contributed by atoms with E-state index in [1.807, 2.05) is 13.1 Å². The van der Waals surface area contributed by atoms with Crippen LogP contribution in [0.15, 0.2) is 36.7 Å². The third kappa shape index (κ3) is 5.05. The summed E-state index contributed by atoms with van der Waals surface area (Å²) in [6.07, 6.45) is 7.93. The number of rotatable bonds is 6. The van der Waals surface area contributed by atoms with Gasteiger partial charge in [-0.3, -0.25) is 4.68 Å². The maximum Gasteiger partial charge on any atom is 0.315 e. The van der Waals surface area contributed by atoms with Gasteiger partial charge in [0.1, 0.15) is 12.2 Å². The molecule has 0 aliphatic heterocycles. The monoisotopic (exact) mass is 341 g/mol. The smallest absolute Gasteiger partial charge is 0.315 e. The third-order valence-corrected chi connectivity index (χ3v) is 5.01. The van der Waals surface area contributed by atoms with E-state index >= 15 is 0 Å². The van der Waals surface area contributed by atoms with Gasteiger partial charge in [-0.25, -0.2) is 9.78 Å². The van der Waals surface area contributed by atoms with Crippen LogP contribution >= 0.6 is 0 Å². The Bertz CT molecular complexity index is 669. The summed E-state index contributed by atoms with van der Waals surface area (Å²) < 4.78 is 1.73. The Morgan fingerprint density at radius 3 is 2.80 bits per heavy atom. The largest absolute Gasteiger partial charge is 0.338 e. The molecule has 1 fully saturated rings. The van der Waals surface area contributed by atoms with Gasteiger partial charge in [-0.1, -0.05) is 43.2 Å². The zero-order valence-corrected chi connectivity index (χ0v) is 14.8. The van der Waals surface area contributed by atoms with E-state index in [0.717, 1.165) is 18.7 Å². The number of amides is 2. The molecule has 1 aliphatic carbocycles. The highest BCUT2D eigenvalue weighted by atomic mass is 16.2. The second-order valence-electron chi connectivity index (χ2n) is 6.79. The summed E-state index contributed by atoms with van der Waals surface area (Å²) >= 11 is 0. The minimum absolute atomic E-state index is 0.0767. The van der Waals surface area contributed by atoms with Crippen LogP contribution in [0.1, 0.15) is 37.1 Å². The molecule has 1 saturated carbocycles. The van der Waals surface area contributed by atoms with E-state index in [-0.39, 0.29) is 12.1 Å². The zero-order chi connectivity index (χ0) is 17.5. The summed E-state index contributed by atoms with van der Waals surface area (Å²) in [7, 11) is 1.86. The van der Waals surface area contributed by atoms with Crippen LogP contribution in [0.3, 0.4) is 0 Å². The van der Waals surface area contributed by atoms with Gasteiger partial charge in [-0.05, 0) is 30.7 Å². The van der Waals surface area contributed by atoms with E-state index in [1.165, 1.54) is 31.2 Å². The van der Waals surface area contributed by atoms with E-state index in [1.54, 1.807) is 4.68 Å². The van der Waals surface area contributed by atoms with Gasteiger partial charge < -0.3 is 10.6 Å². The fourth-order valence-corrected chi connectivity index (χ4v) is 3.61. The van der Waals surface area contributed by atoms with E-state index in [9.17, 15) is 4.79 Å². The molecule has 25 heavy (non-hydrogen) atoms. The van der Waals surface area contributed by atoms with Crippen molar-refractivity contribution in [2.45, 2.75) is 44.6 Å². The lowest BCUT2D eigenvalue weighted by molar-refractivity contribution is 0.217. The Kier molecular flexibility index (Phi) is 6.04. The lowest BCUT2D eigenvalue weighted by Crippen LogP contribution is -2.47. The molecular formula is C19H27N5O. The van der Waals surface area contributed by atoms with E-state index in [2.05, 4.69) is 45.0 Å². The molecule has 6 heteroatoms. The van der Waals surface area contributed by atoms with Crippen molar-refractivity contribution in [3.8, 4) is 0 Å². The lowest BCUT2D eigenvalue weighted by Gasteiger charge is -2.32. The molecule has 6 nitrogen and oxygen atoms in total. The summed E-state index contributed by atoms with van der Waals surface area (Å²) in [5.41, 5.74) is 1.35. The number of carbonyl (C=O) groups is 1. The maximum atomic E-state index is 12.3. The predicted octanol–water partition coefficient (Wildman–Crippen LogP) is 2.46. The second kappa shape index (κ2) is 8.65. The first kappa shape index (κ1) is 17.5. The molecule has 2 amide bonds. The molecule has 2 aromatic rings. The molecule has 0 radical (unpaired) electrons. The maximum absolute atomic E-state index is 12.3. The number of hydrogen-bond acceptors (Lipinski definition) is 3. The predicted molar refractivity (Wildman–Crippen MR) is 97.1 cm³/mol. The fraction of sp³-hybridized carbons (Fsp3) is 0.526. The van der Waals surface area contributed by atoms with Crippen molar-refractivity contribution in [3.63, 3.8) is 0 Å². The van der Waals surface area contributed by atoms with Crippen LogP contribution in [0, 0.1) is 5.92 Å². The van der Waals surface area contributed by atoms with Crippen LogP contribution in [-0.4, -0.2) is 33.4 Å². The van der Waals surface area contributed by atoms with Crippen LogP contribution in [0.2, 0.25) is 0 Å². The summed E-state index contributed by atoms with van der Waals surface area (Å²) in [5.74, 6) is 1.39. The Balaban J connectivity index is 1.47. The van der Waals surface area contributed by atoms with Crippen molar-refractivity contribution in [2.24, 2.45) is 13.0 Å². The topological polar surface area (TPSA) is 71.8 Å². The van der Waals surface area contributed by atoms with Crippen LogP contribution in [0.4, 0.5) is 4.79 Å². The number of aryl methyl sites for hydroxylation is 1. The molecule has 2 N–H and O–H groups in total. The van der Waals surface area contributed by atoms with Gasteiger partial charge in [0.2, 0.25) is 0 Å².